The minimum absolute atomic E-state index is 0.183. The zero-order valence-electron chi connectivity index (χ0n) is 16.0. The predicted molar refractivity (Wildman–Crippen MR) is 111 cm³/mol. The van der Waals surface area contributed by atoms with Crippen LogP contribution in [0.5, 0.6) is 0 Å². The van der Waals surface area contributed by atoms with Gasteiger partial charge in [-0.3, -0.25) is 0 Å². The summed E-state index contributed by atoms with van der Waals surface area (Å²) >= 11 is -0.183. The van der Waals surface area contributed by atoms with E-state index in [2.05, 4.69) is 17.0 Å². The van der Waals surface area contributed by atoms with E-state index >= 15 is 0 Å². The molecule has 1 aliphatic carbocycles. The Hall–Kier alpha value is -2.20. The summed E-state index contributed by atoms with van der Waals surface area (Å²) in [5.41, 5.74) is 1.95. The van der Waals surface area contributed by atoms with Crippen molar-refractivity contribution in [3.63, 3.8) is 0 Å². The number of esters is 1. The molecule has 0 N–H and O–H groups in total. The molecule has 1 atom stereocenters. The van der Waals surface area contributed by atoms with Crippen LogP contribution in [0.25, 0.3) is 0 Å². The van der Waals surface area contributed by atoms with Gasteiger partial charge in [-0.05, 0) is 0 Å². The van der Waals surface area contributed by atoms with E-state index in [1.807, 2.05) is 54.6 Å². The van der Waals surface area contributed by atoms with E-state index in [9.17, 15) is 9.59 Å². The fourth-order valence-electron chi connectivity index (χ4n) is 3.42. The second-order valence-electron chi connectivity index (χ2n) is 6.83. The average molecular weight is 442 g/mol. The molecule has 0 aliphatic heterocycles. The maximum absolute atomic E-state index is 12.8. The van der Waals surface area contributed by atoms with Crippen molar-refractivity contribution >= 4 is 30.1 Å². The van der Waals surface area contributed by atoms with Gasteiger partial charge < -0.3 is 0 Å². The number of hydrogen-bond donors (Lipinski definition) is 0. The molecule has 0 fully saturated rings. The normalized spacial score (nSPS) is 16.5. The van der Waals surface area contributed by atoms with Gasteiger partial charge in [-0.15, -0.1) is 0 Å². The molecule has 0 bridgehead atoms. The molecule has 0 saturated heterocycles. The molecule has 0 spiro atoms. The molecule has 0 aromatic heterocycles. The van der Waals surface area contributed by atoms with E-state index in [-0.39, 0.29) is 31.6 Å². The molecule has 1 unspecified atom stereocenters. The van der Waals surface area contributed by atoms with Crippen LogP contribution in [0.3, 0.4) is 0 Å². The Morgan fingerprint density at radius 3 is 2.36 bits per heavy atom. The van der Waals surface area contributed by atoms with Gasteiger partial charge in [0, 0.05) is 0 Å². The summed E-state index contributed by atoms with van der Waals surface area (Å²) in [7, 11) is 1.42. The molecular weight excluding hydrogens is 417 g/mol. The Morgan fingerprint density at radius 2 is 1.75 bits per heavy atom. The van der Waals surface area contributed by atoms with E-state index in [0.29, 0.717) is 13.0 Å². The number of methoxy groups -OCH3 is 1. The molecule has 0 radical (unpaired) electrons. The van der Waals surface area contributed by atoms with E-state index < -0.39 is 0 Å². The number of carbonyl (C=O) groups excluding carboxylic acids is 2. The first-order valence-electron chi connectivity index (χ1n) is 9.46. The average Bonchev–Trinajstić information content (AvgIpc) is 2.74. The van der Waals surface area contributed by atoms with E-state index in [4.69, 9.17) is 4.74 Å². The van der Waals surface area contributed by atoms with Gasteiger partial charge in [-0.25, -0.2) is 0 Å². The van der Waals surface area contributed by atoms with Gasteiger partial charge in [-0.2, -0.15) is 0 Å². The van der Waals surface area contributed by atoms with Crippen LogP contribution in [0.15, 0.2) is 72.3 Å². The molecule has 4 nitrogen and oxygen atoms in total. The van der Waals surface area contributed by atoms with Gasteiger partial charge in [0.15, 0.2) is 0 Å². The maximum atomic E-state index is 12.8. The fourth-order valence-corrected chi connectivity index (χ4v) is 5.07. The second-order valence-corrected chi connectivity index (χ2v) is 9.20. The summed E-state index contributed by atoms with van der Waals surface area (Å²) in [5, 5.41) is 0. The van der Waals surface area contributed by atoms with Gasteiger partial charge in [-0.1, -0.05) is 0 Å². The third kappa shape index (κ3) is 5.90. The molecule has 28 heavy (non-hydrogen) atoms. The van der Waals surface area contributed by atoms with Crippen LogP contribution in [-0.4, -0.2) is 50.2 Å². The van der Waals surface area contributed by atoms with Crippen molar-refractivity contribution in [2.45, 2.75) is 31.8 Å². The third-order valence-corrected chi connectivity index (χ3v) is 6.70. The number of benzene rings is 2. The quantitative estimate of drug-likeness (QED) is 0.466. The Kier molecular flexibility index (Phi) is 7.61. The summed E-state index contributed by atoms with van der Waals surface area (Å²) in [6.07, 6.45) is 4.30. The van der Waals surface area contributed by atoms with Crippen LogP contribution >= 0.6 is 0 Å². The Bertz CT molecular complexity index is 820. The molecule has 0 heterocycles. The van der Waals surface area contributed by atoms with Crippen LogP contribution in [-0.2, 0) is 20.9 Å². The van der Waals surface area contributed by atoms with E-state index in [1.165, 1.54) is 12.7 Å². The minimum atomic E-state index is -0.239. The van der Waals surface area contributed by atoms with Gasteiger partial charge in [0.25, 0.3) is 0 Å². The molecule has 2 aromatic carbocycles. The van der Waals surface area contributed by atoms with Crippen LogP contribution in [0.1, 0.15) is 24.8 Å². The molecule has 5 heteroatoms. The predicted octanol–water partition coefficient (Wildman–Crippen LogP) is 2.70. The van der Waals surface area contributed by atoms with Crippen molar-refractivity contribution < 1.29 is 14.3 Å². The van der Waals surface area contributed by atoms with Crippen LogP contribution in [0, 0.1) is 0 Å². The number of rotatable bonds is 8. The molecule has 1 aliphatic rings. The van der Waals surface area contributed by atoms with Gasteiger partial charge in [0.05, 0.1) is 0 Å². The SMILES string of the molecule is COC(=O)C1=CCC(N(CC(=O)[Se]c2ccccc2)Cc2ccccc2)CC1. The van der Waals surface area contributed by atoms with Crippen molar-refractivity contribution in [3.8, 4) is 0 Å². The Labute approximate surface area is 172 Å². The second kappa shape index (κ2) is 10.4. The van der Waals surface area contributed by atoms with Crippen molar-refractivity contribution in [3.05, 3.63) is 77.9 Å². The third-order valence-electron chi connectivity index (χ3n) is 4.88. The summed E-state index contributed by atoms with van der Waals surface area (Å²) in [6.45, 7) is 1.18. The molecule has 3 rings (SSSR count). The van der Waals surface area contributed by atoms with Crippen molar-refractivity contribution in [2.24, 2.45) is 0 Å². The molecule has 0 saturated carbocycles. The monoisotopic (exact) mass is 443 g/mol. The van der Waals surface area contributed by atoms with Gasteiger partial charge in [0.2, 0.25) is 0 Å². The first kappa shape index (κ1) is 20.5. The molecule has 2 aromatic rings. The first-order chi connectivity index (χ1) is 13.7. The molecular formula is C23H25NO3Se. The van der Waals surface area contributed by atoms with Crippen molar-refractivity contribution in [1.82, 2.24) is 4.90 Å². The number of carbonyl (C=O) groups is 2. The Balaban J connectivity index is 1.69. The van der Waals surface area contributed by atoms with E-state index in [1.54, 1.807) is 0 Å². The van der Waals surface area contributed by atoms with Gasteiger partial charge in [0.1, 0.15) is 0 Å². The van der Waals surface area contributed by atoms with Crippen molar-refractivity contribution in [1.29, 1.82) is 0 Å². The topological polar surface area (TPSA) is 46.6 Å². The van der Waals surface area contributed by atoms with Crippen molar-refractivity contribution in [2.75, 3.05) is 13.7 Å². The van der Waals surface area contributed by atoms with Crippen LogP contribution < -0.4 is 4.46 Å². The number of ether oxygens (including phenoxy) is 1. The fraction of sp³-hybridized carbons (Fsp3) is 0.304. The Morgan fingerprint density at radius 1 is 1.07 bits per heavy atom. The summed E-state index contributed by atoms with van der Waals surface area (Å²) in [4.78, 5) is 26.8. The number of hydrogen-bond acceptors (Lipinski definition) is 4. The summed E-state index contributed by atoms with van der Waals surface area (Å²) in [5.74, 6) is -0.239. The number of nitrogens with zero attached hydrogens (tertiary/aromatic N) is 1. The first-order valence-corrected chi connectivity index (χ1v) is 11.2. The van der Waals surface area contributed by atoms with Crippen LogP contribution in [0.2, 0.25) is 0 Å². The summed E-state index contributed by atoms with van der Waals surface area (Å²) < 4.78 is 6.22. The van der Waals surface area contributed by atoms with Crippen LogP contribution in [0.4, 0.5) is 0 Å². The molecule has 0 amide bonds. The summed E-state index contributed by atoms with van der Waals surface area (Å²) in [6, 6.07) is 20.5. The zero-order chi connectivity index (χ0) is 19.8. The zero-order valence-corrected chi connectivity index (χ0v) is 17.8. The van der Waals surface area contributed by atoms with Gasteiger partial charge >= 0.3 is 173 Å². The molecule has 146 valence electrons. The standard InChI is InChI=1S/C23H25NO3Se/c1-27-23(26)19-12-14-20(15-13-19)24(16-18-8-4-2-5-9-18)17-22(25)28-21-10-6-3-7-11-21/h2-12,20H,13-17H2,1H3. The van der Waals surface area contributed by atoms with E-state index in [0.717, 1.165) is 29.4 Å².